The lowest BCUT2D eigenvalue weighted by Crippen LogP contribution is -2.16. The normalized spacial score (nSPS) is 16.5. The van der Waals surface area contributed by atoms with Gasteiger partial charge in [-0.15, -0.1) is 0 Å². The number of rotatable bonds is 4. The molecule has 0 bridgehead atoms. The Morgan fingerprint density at radius 2 is 2.04 bits per heavy atom. The van der Waals surface area contributed by atoms with E-state index in [4.69, 9.17) is 5.26 Å². The summed E-state index contributed by atoms with van der Waals surface area (Å²) in [5, 5.41) is 8.93. The zero-order chi connectivity index (χ0) is 17.1. The summed E-state index contributed by atoms with van der Waals surface area (Å²) in [5.74, 6) is -0.472. The number of aryl methyl sites for hydroxylation is 1. The SMILES string of the molecule is CCCCc1ccc(C2CCc3c(ccc(C#N)c3F)C2)c(F)c1. The summed E-state index contributed by atoms with van der Waals surface area (Å²) >= 11 is 0. The maximum atomic E-state index is 14.5. The van der Waals surface area contributed by atoms with Crippen LogP contribution in [0.5, 0.6) is 0 Å². The molecule has 1 unspecified atom stereocenters. The van der Waals surface area contributed by atoms with Crippen molar-refractivity contribution in [1.29, 1.82) is 5.26 Å². The van der Waals surface area contributed by atoms with E-state index in [2.05, 4.69) is 6.92 Å². The monoisotopic (exact) mass is 325 g/mol. The zero-order valence-electron chi connectivity index (χ0n) is 13.9. The standard InChI is InChI=1S/C21H21F2N/c1-2-3-4-14-5-9-18(20(22)11-14)15-8-10-19-16(12-15)6-7-17(13-24)21(19)23/h5-7,9,11,15H,2-4,8,10,12H2,1H3. The Bertz CT molecular complexity index is 789. The van der Waals surface area contributed by atoms with Crippen molar-refractivity contribution in [2.45, 2.75) is 51.4 Å². The minimum Gasteiger partial charge on any atom is -0.207 e. The number of halogens is 2. The molecule has 0 radical (unpaired) electrons. The smallest absolute Gasteiger partial charge is 0.144 e. The van der Waals surface area contributed by atoms with Gasteiger partial charge >= 0.3 is 0 Å². The lowest BCUT2D eigenvalue weighted by Gasteiger charge is -2.26. The average molecular weight is 325 g/mol. The fourth-order valence-corrected chi connectivity index (χ4v) is 3.60. The molecule has 3 heteroatoms. The van der Waals surface area contributed by atoms with E-state index in [1.165, 1.54) is 6.07 Å². The van der Waals surface area contributed by atoms with Crippen LogP contribution >= 0.6 is 0 Å². The molecular weight excluding hydrogens is 304 g/mol. The fourth-order valence-electron chi connectivity index (χ4n) is 3.60. The van der Waals surface area contributed by atoms with Crippen LogP contribution < -0.4 is 0 Å². The molecule has 1 aliphatic rings. The summed E-state index contributed by atoms with van der Waals surface area (Å²) in [6, 6.07) is 10.8. The highest BCUT2D eigenvalue weighted by atomic mass is 19.1. The summed E-state index contributed by atoms with van der Waals surface area (Å²) < 4.78 is 28.8. The van der Waals surface area contributed by atoms with Gasteiger partial charge in [-0.1, -0.05) is 31.5 Å². The molecule has 0 spiro atoms. The lowest BCUT2D eigenvalue weighted by molar-refractivity contribution is 0.513. The van der Waals surface area contributed by atoms with Gasteiger partial charge in [-0.2, -0.15) is 5.26 Å². The third kappa shape index (κ3) is 3.19. The van der Waals surface area contributed by atoms with Crippen LogP contribution in [-0.4, -0.2) is 0 Å². The van der Waals surface area contributed by atoms with Crippen LogP contribution in [0.1, 0.15) is 59.9 Å². The number of benzene rings is 2. The van der Waals surface area contributed by atoms with Gasteiger partial charge in [0.25, 0.3) is 0 Å². The number of nitriles is 1. The quantitative estimate of drug-likeness (QED) is 0.733. The lowest BCUT2D eigenvalue weighted by atomic mass is 9.79. The number of fused-ring (bicyclic) bond motifs is 1. The summed E-state index contributed by atoms with van der Waals surface area (Å²) in [6.45, 7) is 2.13. The topological polar surface area (TPSA) is 23.8 Å². The third-order valence-corrected chi connectivity index (χ3v) is 4.99. The molecule has 24 heavy (non-hydrogen) atoms. The number of hydrogen-bond donors (Lipinski definition) is 0. The number of hydrogen-bond acceptors (Lipinski definition) is 1. The van der Waals surface area contributed by atoms with Crippen molar-refractivity contribution >= 4 is 0 Å². The fraction of sp³-hybridized carbons (Fsp3) is 0.381. The van der Waals surface area contributed by atoms with E-state index >= 15 is 0 Å². The highest BCUT2D eigenvalue weighted by Crippen LogP contribution is 2.35. The Morgan fingerprint density at radius 3 is 2.75 bits per heavy atom. The molecule has 0 amide bonds. The van der Waals surface area contributed by atoms with Crippen LogP contribution in [0.15, 0.2) is 30.3 Å². The van der Waals surface area contributed by atoms with E-state index in [0.29, 0.717) is 24.8 Å². The molecule has 2 aromatic carbocycles. The maximum absolute atomic E-state index is 14.5. The second-order valence-electron chi connectivity index (χ2n) is 6.58. The van der Waals surface area contributed by atoms with Crippen molar-refractivity contribution in [3.63, 3.8) is 0 Å². The highest BCUT2D eigenvalue weighted by Gasteiger charge is 2.25. The molecule has 0 heterocycles. The molecule has 3 rings (SSSR count). The van der Waals surface area contributed by atoms with E-state index in [9.17, 15) is 8.78 Å². The van der Waals surface area contributed by atoms with Gasteiger partial charge in [-0.05, 0) is 72.4 Å². The summed E-state index contributed by atoms with van der Waals surface area (Å²) in [4.78, 5) is 0. The van der Waals surface area contributed by atoms with Gasteiger partial charge in [0, 0.05) is 0 Å². The molecule has 0 N–H and O–H groups in total. The molecule has 1 atom stereocenters. The molecular formula is C21H21F2N. The van der Waals surface area contributed by atoms with Crippen LogP contribution in [0.2, 0.25) is 0 Å². The molecule has 2 aromatic rings. The van der Waals surface area contributed by atoms with Crippen molar-refractivity contribution < 1.29 is 8.78 Å². The van der Waals surface area contributed by atoms with E-state index in [0.717, 1.165) is 36.0 Å². The van der Waals surface area contributed by atoms with Crippen molar-refractivity contribution in [1.82, 2.24) is 0 Å². The van der Waals surface area contributed by atoms with Gasteiger partial charge in [0.2, 0.25) is 0 Å². The van der Waals surface area contributed by atoms with Gasteiger partial charge in [0.05, 0.1) is 5.56 Å². The van der Waals surface area contributed by atoms with Crippen LogP contribution in [0.4, 0.5) is 8.78 Å². The Kier molecular flexibility index (Phi) is 4.94. The van der Waals surface area contributed by atoms with Crippen molar-refractivity contribution in [2.75, 3.05) is 0 Å². The van der Waals surface area contributed by atoms with Gasteiger partial charge in [0.15, 0.2) is 0 Å². The highest BCUT2D eigenvalue weighted by molar-refractivity contribution is 5.43. The molecule has 0 aliphatic heterocycles. The minimum absolute atomic E-state index is 0.0741. The molecule has 1 aliphatic carbocycles. The zero-order valence-corrected chi connectivity index (χ0v) is 13.9. The maximum Gasteiger partial charge on any atom is 0.144 e. The Hall–Kier alpha value is -2.21. The molecule has 0 saturated carbocycles. The number of unbranched alkanes of at least 4 members (excludes halogenated alkanes) is 1. The van der Waals surface area contributed by atoms with E-state index in [1.54, 1.807) is 6.07 Å². The second-order valence-corrected chi connectivity index (χ2v) is 6.58. The molecule has 124 valence electrons. The van der Waals surface area contributed by atoms with Gasteiger partial charge in [0.1, 0.15) is 17.7 Å². The Balaban J connectivity index is 1.83. The van der Waals surface area contributed by atoms with Crippen molar-refractivity contribution in [3.8, 4) is 6.07 Å². The molecule has 0 fully saturated rings. The van der Waals surface area contributed by atoms with Crippen molar-refractivity contribution in [2.24, 2.45) is 0 Å². The first-order valence-electron chi connectivity index (χ1n) is 8.62. The molecule has 0 saturated heterocycles. The summed E-state index contributed by atoms with van der Waals surface area (Å²) in [6.07, 6.45) is 4.96. The van der Waals surface area contributed by atoms with Gasteiger partial charge in [-0.25, -0.2) is 8.78 Å². The van der Waals surface area contributed by atoms with E-state index < -0.39 is 5.82 Å². The average Bonchev–Trinajstić information content (AvgIpc) is 2.60. The van der Waals surface area contributed by atoms with Gasteiger partial charge < -0.3 is 0 Å². The van der Waals surface area contributed by atoms with Gasteiger partial charge in [-0.3, -0.25) is 0 Å². The Morgan fingerprint density at radius 1 is 1.21 bits per heavy atom. The second kappa shape index (κ2) is 7.13. The predicted octanol–water partition coefficient (Wildman–Crippen LogP) is 5.45. The van der Waals surface area contributed by atoms with Crippen LogP contribution in [0.25, 0.3) is 0 Å². The molecule has 1 nitrogen and oxygen atoms in total. The molecule has 0 aromatic heterocycles. The Labute approximate surface area is 141 Å². The first-order chi connectivity index (χ1) is 11.6. The summed E-state index contributed by atoms with van der Waals surface area (Å²) in [5.41, 5.74) is 3.39. The van der Waals surface area contributed by atoms with E-state index in [-0.39, 0.29) is 17.3 Å². The third-order valence-electron chi connectivity index (χ3n) is 4.99. The van der Waals surface area contributed by atoms with E-state index in [1.807, 2.05) is 24.3 Å². The van der Waals surface area contributed by atoms with Crippen molar-refractivity contribution in [3.05, 3.63) is 69.8 Å². The van der Waals surface area contributed by atoms with Crippen LogP contribution in [0.3, 0.4) is 0 Å². The van der Waals surface area contributed by atoms with Crippen LogP contribution in [0, 0.1) is 23.0 Å². The largest absolute Gasteiger partial charge is 0.207 e. The first-order valence-corrected chi connectivity index (χ1v) is 8.62. The predicted molar refractivity (Wildman–Crippen MR) is 90.9 cm³/mol. The number of nitrogens with zero attached hydrogens (tertiary/aromatic N) is 1. The van der Waals surface area contributed by atoms with Crippen LogP contribution in [-0.2, 0) is 19.3 Å². The summed E-state index contributed by atoms with van der Waals surface area (Å²) in [7, 11) is 0. The first kappa shape index (κ1) is 16.6. The minimum atomic E-state index is -0.399.